The maximum atomic E-state index is 13.4. The van der Waals surface area contributed by atoms with Crippen molar-refractivity contribution in [1.82, 2.24) is 19.4 Å². The molecule has 1 saturated heterocycles. The first-order chi connectivity index (χ1) is 15.1. The molecule has 2 saturated carbocycles. The van der Waals surface area contributed by atoms with Gasteiger partial charge < -0.3 is 14.4 Å². The van der Waals surface area contributed by atoms with E-state index in [1.807, 2.05) is 28.1 Å². The Kier molecular flexibility index (Phi) is 4.26. The van der Waals surface area contributed by atoms with Gasteiger partial charge in [-0.05, 0) is 60.3 Å². The van der Waals surface area contributed by atoms with E-state index in [0.29, 0.717) is 43.3 Å². The molecule has 4 heterocycles. The van der Waals surface area contributed by atoms with Gasteiger partial charge in [-0.1, -0.05) is 6.07 Å². The number of hydrogen-bond acceptors (Lipinski definition) is 4. The molecule has 2 aliphatic heterocycles. The van der Waals surface area contributed by atoms with Crippen LogP contribution in [0, 0.1) is 11.8 Å². The molecule has 31 heavy (non-hydrogen) atoms. The van der Waals surface area contributed by atoms with Crippen molar-refractivity contribution in [2.24, 2.45) is 11.8 Å². The molecule has 2 aromatic rings. The molecule has 0 radical (unpaired) electrons. The van der Waals surface area contributed by atoms with Crippen molar-refractivity contribution in [3.63, 3.8) is 0 Å². The Morgan fingerprint density at radius 3 is 2.65 bits per heavy atom. The SMILES string of the molecule is O=C(Cc1cccnc1)N1CCc2c(cn(C3CC3)c(=O)c2C(=O)N2C[C@H]3C[C@H]3C2)C1. The average molecular weight is 418 g/mol. The number of hydrogen-bond donors (Lipinski definition) is 0. The van der Waals surface area contributed by atoms with Crippen LogP contribution in [-0.4, -0.2) is 50.8 Å². The van der Waals surface area contributed by atoms with Gasteiger partial charge in [0.15, 0.2) is 0 Å². The van der Waals surface area contributed by atoms with E-state index >= 15 is 0 Å². The number of fused-ring (bicyclic) bond motifs is 2. The first-order valence-electron chi connectivity index (χ1n) is 11.3. The van der Waals surface area contributed by atoms with Gasteiger partial charge in [0.1, 0.15) is 5.56 Å². The molecule has 7 nitrogen and oxygen atoms in total. The maximum absolute atomic E-state index is 13.4. The third kappa shape index (κ3) is 3.36. The lowest BCUT2D eigenvalue weighted by Gasteiger charge is -2.31. The largest absolute Gasteiger partial charge is 0.338 e. The molecular weight excluding hydrogens is 392 g/mol. The average Bonchev–Trinajstić information content (AvgIpc) is 3.72. The van der Waals surface area contributed by atoms with E-state index in [4.69, 9.17) is 0 Å². The lowest BCUT2D eigenvalue weighted by atomic mass is 9.95. The van der Waals surface area contributed by atoms with E-state index in [1.165, 1.54) is 6.42 Å². The van der Waals surface area contributed by atoms with Crippen LogP contribution in [0.15, 0.2) is 35.5 Å². The minimum atomic E-state index is -0.137. The molecule has 2 atom stereocenters. The standard InChI is InChI=1S/C24H26N4O3/c29-21(8-15-2-1-6-25-10-15)26-7-5-20-18(13-26)14-28(19-3-4-19)24(31)22(20)23(30)27-11-16-9-17(16)12-27/h1-2,6,10,14,16-17,19H,3-5,7-9,11-13H2/t16-,17+. The van der Waals surface area contributed by atoms with Crippen LogP contribution >= 0.6 is 0 Å². The molecule has 0 bridgehead atoms. The van der Waals surface area contributed by atoms with Crippen molar-refractivity contribution < 1.29 is 9.59 Å². The highest BCUT2D eigenvalue weighted by atomic mass is 16.2. The summed E-state index contributed by atoms with van der Waals surface area (Å²) in [4.78, 5) is 47.4. The van der Waals surface area contributed by atoms with Crippen LogP contribution in [0.1, 0.15) is 52.4 Å². The number of carbonyl (C=O) groups is 2. The highest BCUT2D eigenvalue weighted by molar-refractivity contribution is 5.96. The van der Waals surface area contributed by atoms with Gasteiger partial charge in [-0.2, -0.15) is 0 Å². The van der Waals surface area contributed by atoms with Crippen LogP contribution < -0.4 is 5.56 Å². The lowest BCUT2D eigenvalue weighted by molar-refractivity contribution is -0.131. The summed E-state index contributed by atoms with van der Waals surface area (Å²) in [5.74, 6) is 1.22. The Morgan fingerprint density at radius 2 is 1.94 bits per heavy atom. The lowest BCUT2D eigenvalue weighted by Crippen LogP contribution is -2.42. The predicted molar refractivity (Wildman–Crippen MR) is 114 cm³/mol. The third-order valence-corrected chi connectivity index (χ3v) is 7.28. The van der Waals surface area contributed by atoms with Crippen molar-refractivity contribution in [3.8, 4) is 0 Å². The topological polar surface area (TPSA) is 75.5 Å². The van der Waals surface area contributed by atoms with Gasteiger partial charge in [0.05, 0.1) is 6.42 Å². The van der Waals surface area contributed by atoms with E-state index in [-0.39, 0.29) is 23.4 Å². The Hall–Kier alpha value is -2.96. The van der Waals surface area contributed by atoms with Crippen molar-refractivity contribution in [3.05, 3.63) is 63.3 Å². The predicted octanol–water partition coefficient (Wildman–Crippen LogP) is 1.80. The van der Waals surface area contributed by atoms with Gasteiger partial charge >= 0.3 is 0 Å². The summed E-state index contributed by atoms with van der Waals surface area (Å²) in [6, 6.07) is 3.94. The van der Waals surface area contributed by atoms with Crippen LogP contribution in [0.25, 0.3) is 0 Å². The molecule has 0 aromatic carbocycles. The number of rotatable bonds is 4. The first-order valence-corrected chi connectivity index (χ1v) is 11.3. The quantitative estimate of drug-likeness (QED) is 0.759. The second-order valence-corrected chi connectivity index (χ2v) is 9.52. The second-order valence-electron chi connectivity index (χ2n) is 9.52. The van der Waals surface area contributed by atoms with Crippen LogP contribution in [0.3, 0.4) is 0 Å². The number of amides is 2. The monoisotopic (exact) mass is 418 g/mol. The number of nitrogens with zero attached hydrogens (tertiary/aromatic N) is 4. The van der Waals surface area contributed by atoms with Crippen LogP contribution in [0.5, 0.6) is 0 Å². The number of likely N-dealkylation sites (tertiary alicyclic amines) is 1. The molecule has 4 aliphatic rings. The van der Waals surface area contributed by atoms with E-state index in [1.54, 1.807) is 17.0 Å². The fraction of sp³-hybridized carbons (Fsp3) is 0.500. The Balaban J connectivity index is 1.30. The molecular formula is C24H26N4O3. The fourth-order valence-corrected chi connectivity index (χ4v) is 5.25. The molecule has 7 heteroatoms. The van der Waals surface area contributed by atoms with Gasteiger partial charge in [-0.3, -0.25) is 19.4 Å². The summed E-state index contributed by atoms with van der Waals surface area (Å²) >= 11 is 0. The van der Waals surface area contributed by atoms with Crippen molar-refractivity contribution in [2.45, 2.75) is 44.7 Å². The summed E-state index contributed by atoms with van der Waals surface area (Å²) < 4.78 is 1.76. The Labute approximate surface area is 180 Å². The van der Waals surface area contributed by atoms with Gasteiger partial charge in [-0.25, -0.2) is 0 Å². The number of carbonyl (C=O) groups excluding carboxylic acids is 2. The Morgan fingerprint density at radius 1 is 1.13 bits per heavy atom. The van der Waals surface area contributed by atoms with Gasteiger partial charge in [-0.15, -0.1) is 0 Å². The first kappa shape index (κ1) is 18.8. The maximum Gasteiger partial charge on any atom is 0.263 e. The molecule has 2 aliphatic carbocycles. The molecule has 0 spiro atoms. The van der Waals surface area contributed by atoms with E-state index in [0.717, 1.165) is 42.6 Å². The van der Waals surface area contributed by atoms with Crippen LogP contribution in [-0.2, 0) is 24.2 Å². The molecule has 2 aromatic heterocycles. The number of pyridine rings is 2. The molecule has 6 rings (SSSR count). The van der Waals surface area contributed by atoms with Gasteiger partial charge in [0.2, 0.25) is 5.91 Å². The van der Waals surface area contributed by atoms with Crippen LogP contribution in [0.2, 0.25) is 0 Å². The summed E-state index contributed by atoms with van der Waals surface area (Å²) in [7, 11) is 0. The fourth-order valence-electron chi connectivity index (χ4n) is 5.25. The van der Waals surface area contributed by atoms with Crippen molar-refractivity contribution >= 4 is 11.8 Å². The summed E-state index contributed by atoms with van der Waals surface area (Å²) in [6.07, 6.45) is 9.37. The van der Waals surface area contributed by atoms with Crippen molar-refractivity contribution in [2.75, 3.05) is 19.6 Å². The van der Waals surface area contributed by atoms with Crippen molar-refractivity contribution in [1.29, 1.82) is 0 Å². The molecule has 2 amide bonds. The normalized spacial score (nSPS) is 24.0. The summed E-state index contributed by atoms with van der Waals surface area (Å²) in [6.45, 7) is 2.55. The van der Waals surface area contributed by atoms with Gasteiger partial charge in [0, 0.05) is 50.8 Å². The zero-order valence-electron chi connectivity index (χ0n) is 17.5. The van der Waals surface area contributed by atoms with E-state index in [9.17, 15) is 14.4 Å². The highest BCUT2D eigenvalue weighted by Gasteiger charge is 2.47. The number of piperidine rings is 1. The highest BCUT2D eigenvalue weighted by Crippen LogP contribution is 2.45. The minimum Gasteiger partial charge on any atom is -0.338 e. The summed E-state index contributed by atoms with van der Waals surface area (Å²) in [5.41, 5.74) is 2.93. The smallest absolute Gasteiger partial charge is 0.263 e. The zero-order valence-corrected chi connectivity index (χ0v) is 17.5. The van der Waals surface area contributed by atoms with E-state index in [2.05, 4.69) is 4.98 Å². The second kappa shape index (κ2) is 7.04. The zero-order chi connectivity index (χ0) is 21.1. The van der Waals surface area contributed by atoms with Gasteiger partial charge in [0.25, 0.3) is 11.5 Å². The molecule has 0 unspecified atom stereocenters. The van der Waals surface area contributed by atoms with Crippen LogP contribution in [0.4, 0.5) is 0 Å². The van der Waals surface area contributed by atoms with E-state index < -0.39 is 0 Å². The number of aromatic nitrogens is 2. The molecule has 160 valence electrons. The molecule has 3 fully saturated rings. The summed E-state index contributed by atoms with van der Waals surface area (Å²) in [5, 5.41) is 0. The Bertz CT molecular complexity index is 1110. The third-order valence-electron chi connectivity index (χ3n) is 7.28. The minimum absolute atomic E-state index is 0.0512. The molecule has 0 N–H and O–H groups in total.